The molecule has 8 heteroatoms. The number of likely N-dealkylation sites (tertiary alicyclic amines) is 1. The molecule has 0 aliphatic carbocycles. The molecule has 0 saturated carbocycles. The number of piperidine rings is 1. The number of esters is 2. The Labute approximate surface area is 195 Å². The van der Waals surface area contributed by atoms with Gasteiger partial charge in [-0.05, 0) is 39.2 Å². The van der Waals surface area contributed by atoms with Crippen molar-refractivity contribution in [2.24, 2.45) is 10.8 Å². The Bertz CT molecular complexity index is 867. The molecule has 1 unspecified atom stereocenters. The minimum absolute atomic E-state index is 0.0257. The first-order chi connectivity index (χ1) is 15.2. The van der Waals surface area contributed by atoms with Crippen LogP contribution < -0.4 is 0 Å². The van der Waals surface area contributed by atoms with Crippen LogP contribution in [-0.2, 0) is 35.2 Å². The summed E-state index contributed by atoms with van der Waals surface area (Å²) in [7, 11) is 0. The molecule has 33 heavy (non-hydrogen) atoms. The number of rotatable bonds is 6. The lowest BCUT2D eigenvalue weighted by Crippen LogP contribution is -2.56. The fraction of sp³-hybridized carbons (Fsp3) is 0.600. The largest absolute Gasteiger partial charge is 0.460 e. The fourth-order valence-corrected chi connectivity index (χ4v) is 3.30. The van der Waals surface area contributed by atoms with Crippen molar-refractivity contribution in [1.29, 1.82) is 0 Å². The van der Waals surface area contributed by atoms with Crippen LogP contribution in [0.4, 0.5) is 4.79 Å². The molecule has 1 heterocycles. The van der Waals surface area contributed by atoms with Gasteiger partial charge in [-0.1, -0.05) is 51.1 Å². The molecular weight excluding hydrogens is 426 g/mol. The standard InChI is InChI=1S/C25H35NO7/c1-23(2,3)19(27)16-32-21(29)25(20(28)31-15-18-11-8-7-9-12-18)13-10-14-26(17-25)22(30)33-24(4,5)6/h7-9,11-12H,10,13-17H2,1-6H3. The summed E-state index contributed by atoms with van der Waals surface area (Å²) in [5.41, 5.74) is -2.40. The smallest absolute Gasteiger partial charge is 0.410 e. The van der Waals surface area contributed by atoms with Gasteiger partial charge in [-0.3, -0.25) is 14.4 Å². The number of carbonyl (C=O) groups is 4. The first kappa shape index (κ1) is 26.4. The maximum atomic E-state index is 13.2. The van der Waals surface area contributed by atoms with Gasteiger partial charge in [0.1, 0.15) is 12.2 Å². The summed E-state index contributed by atoms with van der Waals surface area (Å²) < 4.78 is 16.2. The van der Waals surface area contributed by atoms with Crippen LogP contribution in [0, 0.1) is 10.8 Å². The first-order valence-electron chi connectivity index (χ1n) is 11.1. The van der Waals surface area contributed by atoms with Crippen molar-refractivity contribution in [3.05, 3.63) is 35.9 Å². The molecular formula is C25H35NO7. The van der Waals surface area contributed by atoms with E-state index < -0.39 is 41.1 Å². The lowest BCUT2D eigenvalue weighted by Gasteiger charge is -2.39. The number of amides is 1. The maximum absolute atomic E-state index is 13.2. The quantitative estimate of drug-likeness (QED) is 0.360. The highest BCUT2D eigenvalue weighted by atomic mass is 16.6. The van der Waals surface area contributed by atoms with Gasteiger partial charge in [-0.2, -0.15) is 0 Å². The number of nitrogens with zero attached hydrogens (tertiary/aromatic N) is 1. The zero-order chi connectivity index (χ0) is 24.9. The molecule has 1 aromatic rings. The van der Waals surface area contributed by atoms with Crippen LogP contribution in [-0.4, -0.2) is 54.0 Å². The van der Waals surface area contributed by atoms with Crippen molar-refractivity contribution in [2.45, 2.75) is 66.6 Å². The van der Waals surface area contributed by atoms with E-state index in [1.165, 1.54) is 4.90 Å². The second kappa shape index (κ2) is 10.4. The van der Waals surface area contributed by atoms with Crippen LogP contribution in [0.2, 0.25) is 0 Å². The minimum atomic E-state index is -1.73. The van der Waals surface area contributed by atoms with Gasteiger partial charge in [0.2, 0.25) is 0 Å². The molecule has 182 valence electrons. The van der Waals surface area contributed by atoms with E-state index in [9.17, 15) is 19.2 Å². The number of Topliss-reactive ketones (excluding diaryl/α,β-unsaturated/α-hetero) is 1. The predicted molar refractivity (Wildman–Crippen MR) is 121 cm³/mol. The monoisotopic (exact) mass is 461 g/mol. The molecule has 1 fully saturated rings. The third kappa shape index (κ3) is 7.30. The molecule has 0 bridgehead atoms. The summed E-state index contributed by atoms with van der Waals surface area (Å²) >= 11 is 0. The van der Waals surface area contributed by atoms with Gasteiger partial charge in [0.05, 0.1) is 6.54 Å². The zero-order valence-corrected chi connectivity index (χ0v) is 20.4. The third-order valence-electron chi connectivity index (χ3n) is 5.31. The summed E-state index contributed by atoms with van der Waals surface area (Å²) in [4.78, 5) is 52.7. The molecule has 0 radical (unpaired) electrons. The van der Waals surface area contributed by atoms with E-state index in [-0.39, 0.29) is 25.4 Å². The summed E-state index contributed by atoms with van der Waals surface area (Å²) in [6, 6.07) is 9.07. The third-order valence-corrected chi connectivity index (χ3v) is 5.31. The molecule has 1 amide bonds. The van der Waals surface area contributed by atoms with Crippen molar-refractivity contribution in [3.63, 3.8) is 0 Å². The topological polar surface area (TPSA) is 99.2 Å². The van der Waals surface area contributed by atoms with Crippen molar-refractivity contribution in [2.75, 3.05) is 19.7 Å². The number of ketones is 1. The average Bonchev–Trinajstić information content (AvgIpc) is 2.74. The van der Waals surface area contributed by atoms with Crippen LogP contribution >= 0.6 is 0 Å². The molecule has 2 rings (SSSR count). The summed E-state index contributed by atoms with van der Waals surface area (Å²) in [6.07, 6.45) is -0.106. The summed E-state index contributed by atoms with van der Waals surface area (Å²) in [6.45, 7) is 9.99. The van der Waals surface area contributed by atoms with Crippen molar-refractivity contribution in [1.82, 2.24) is 4.90 Å². The van der Waals surface area contributed by atoms with E-state index in [2.05, 4.69) is 0 Å². The van der Waals surface area contributed by atoms with Gasteiger partial charge < -0.3 is 19.1 Å². The Kier molecular flexibility index (Phi) is 8.27. The molecule has 8 nitrogen and oxygen atoms in total. The molecule has 1 atom stereocenters. The van der Waals surface area contributed by atoms with Crippen molar-refractivity contribution < 1.29 is 33.4 Å². The molecule has 1 saturated heterocycles. The molecule has 0 spiro atoms. The second-order valence-electron chi connectivity index (χ2n) is 10.4. The lowest BCUT2D eigenvalue weighted by atomic mass is 9.79. The minimum Gasteiger partial charge on any atom is -0.460 e. The highest BCUT2D eigenvalue weighted by molar-refractivity contribution is 6.01. The summed E-state index contributed by atoms with van der Waals surface area (Å²) in [5.74, 6) is -1.93. The Morgan fingerprint density at radius 1 is 0.939 bits per heavy atom. The fourth-order valence-electron chi connectivity index (χ4n) is 3.30. The molecule has 0 N–H and O–H groups in total. The molecule has 1 aliphatic rings. The maximum Gasteiger partial charge on any atom is 0.410 e. The van der Waals surface area contributed by atoms with Crippen molar-refractivity contribution >= 4 is 23.8 Å². The van der Waals surface area contributed by atoms with Gasteiger partial charge in [0.15, 0.2) is 17.8 Å². The number of benzene rings is 1. The van der Waals surface area contributed by atoms with E-state index in [1.54, 1.807) is 53.7 Å². The summed E-state index contributed by atoms with van der Waals surface area (Å²) in [5, 5.41) is 0. The normalized spacial score (nSPS) is 18.9. The van der Waals surface area contributed by atoms with E-state index in [4.69, 9.17) is 14.2 Å². The SMILES string of the molecule is CC(C)(C)OC(=O)N1CCCC(C(=O)OCC(=O)C(C)(C)C)(C(=O)OCc2ccccc2)C1. The van der Waals surface area contributed by atoms with Crippen LogP contribution in [0.25, 0.3) is 0 Å². The average molecular weight is 462 g/mol. The van der Waals surface area contributed by atoms with Crippen LogP contribution in [0.3, 0.4) is 0 Å². The number of carbonyl (C=O) groups excluding carboxylic acids is 4. The second-order valence-corrected chi connectivity index (χ2v) is 10.4. The van der Waals surface area contributed by atoms with Gasteiger partial charge >= 0.3 is 18.0 Å². The van der Waals surface area contributed by atoms with Crippen LogP contribution in [0.1, 0.15) is 59.9 Å². The van der Waals surface area contributed by atoms with Gasteiger partial charge in [-0.15, -0.1) is 0 Å². The van der Waals surface area contributed by atoms with Crippen LogP contribution in [0.5, 0.6) is 0 Å². The molecule has 1 aliphatic heterocycles. The highest BCUT2D eigenvalue weighted by Gasteiger charge is 2.53. The van der Waals surface area contributed by atoms with E-state index in [0.717, 1.165) is 5.56 Å². The Balaban J connectivity index is 2.24. The zero-order valence-electron chi connectivity index (χ0n) is 20.4. The number of ether oxygens (including phenoxy) is 3. The molecule has 0 aromatic heterocycles. The van der Waals surface area contributed by atoms with E-state index in [0.29, 0.717) is 13.0 Å². The van der Waals surface area contributed by atoms with Gasteiger partial charge in [-0.25, -0.2) is 4.79 Å². The Morgan fingerprint density at radius 3 is 2.12 bits per heavy atom. The Hall–Kier alpha value is -2.90. The first-order valence-corrected chi connectivity index (χ1v) is 11.1. The lowest BCUT2D eigenvalue weighted by molar-refractivity contribution is -0.178. The predicted octanol–water partition coefficient (Wildman–Crippen LogP) is 3.91. The highest BCUT2D eigenvalue weighted by Crippen LogP contribution is 2.34. The Morgan fingerprint density at radius 2 is 1.55 bits per heavy atom. The number of hydrogen-bond acceptors (Lipinski definition) is 7. The number of hydrogen-bond donors (Lipinski definition) is 0. The van der Waals surface area contributed by atoms with Crippen molar-refractivity contribution in [3.8, 4) is 0 Å². The van der Waals surface area contributed by atoms with Gasteiger partial charge in [0, 0.05) is 12.0 Å². The van der Waals surface area contributed by atoms with Gasteiger partial charge in [0.25, 0.3) is 0 Å². The van der Waals surface area contributed by atoms with E-state index >= 15 is 0 Å². The van der Waals surface area contributed by atoms with Crippen LogP contribution in [0.15, 0.2) is 30.3 Å². The molecule has 1 aromatic carbocycles. The van der Waals surface area contributed by atoms with E-state index in [1.807, 2.05) is 18.2 Å².